The van der Waals surface area contributed by atoms with Crippen LogP contribution in [0.2, 0.25) is 0 Å². The fourth-order valence-corrected chi connectivity index (χ4v) is 4.51. The number of fused-ring (bicyclic) bond motifs is 3. The van der Waals surface area contributed by atoms with Crippen molar-refractivity contribution < 1.29 is 27.9 Å². The van der Waals surface area contributed by atoms with E-state index in [0.29, 0.717) is 24.9 Å². The summed E-state index contributed by atoms with van der Waals surface area (Å²) in [5.74, 6) is -1.05. The zero-order valence-electron chi connectivity index (χ0n) is 17.5. The predicted octanol–water partition coefficient (Wildman–Crippen LogP) is 4.30. The van der Waals surface area contributed by atoms with Gasteiger partial charge in [-0.25, -0.2) is 0 Å². The molecule has 3 aromatic rings. The summed E-state index contributed by atoms with van der Waals surface area (Å²) in [6.07, 6.45) is -3.08. The van der Waals surface area contributed by atoms with Gasteiger partial charge in [-0.1, -0.05) is 30.3 Å². The van der Waals surface area contributed by atoms with Crippen LogP contribution in [0.5, 0.6) is 0 Å². The minimum absolute atomic E-state index is 0.0225. The van der Waals surface area contributed by atoms with Gasteiger partial charge in [-0.2, -0.15) is 13.2 Å². The Labute approximate surface area is 183 Å². The summed E-state index contributed by atoms with van der Waals surface area (Å²) in [4.78, 5) is 25.9. The molecule has 1 aliphatic rings. The second-order valence-corrected chi connectivity index (χ2v) is 8.19. The molecule has 0 radical (unpaired) electrons. The van der Waals surface area contributed by atoms with E-state index in [1.54, 1.807) is 11.9 Å². The van der Waals surface area contributed by atoms with E-state index in [0.717, 1.165) is 34.3 Å². The highest BCUT2D eigenvalue weighted by atomic mass is 19.4. The SMILES string of the molecule is CN(C(=O)Cc1ccc(C(F)(F)F)cc1)C1CCc2c(CC(=O)O)c3ccccc3n2C1. The molecule has 1 atom stereocenters. The number of nitrogens with zero attached hydrogens (tertiary/aromatic N) is 2. The first-order valence-corrected chi connectivity index (χ1v) is 10.4. The smallest absolute Gasteiger partial charge is 0.416 e. The number of alkyl halides is 3. The van der Waals surface area contributed by atoms with Crippen molar-refractivity contribution in [3.05, 3.63) is 70.9 Å². The van der Waals surface area contributed by atoms with Gasteiger partial charge in [-0.3, -0.25) is 9.59 Å². The molecule has 5 nitrogen and oxygen atoms in total. The molecule has 2 aromatic carbocycles. The largest absolute Gasteiger partial charge is 0.481 e. The van der Waals surface area contributed by atoms with Crippen LogP contribution in [0.15, 0.2) is 48.5 Å². The second kappa shape index (κ2) is 8.33. The van der Waals surface area contributed by atoms with Crippen LogP contribution in [0.3, 0.4) is 0 Å². The average molecular weight is 444 g/mol. The molecule has 8 heteroatoms. The Morgan fingerprint density at radius 2 is 1.78 bits per heavy atom. The normalized spacial score (nSPS) is 16.1. The third kappa shape index (κ3) is 4.22. The molecule has 1 aliphatic heterocycles. The number of hydrogen-bond donors (Lipinski definition) is 1. The maximum absolute atomic E-state index is 12.8. The van der Waals surface area contributed by atoms with Crippen molar-refractivity contribution in [1.29, 1.82) is 0 Å². The van der Waals surface area contributed by atoms with Crippen molar-refractivity contribution in [3.8, 4) is 0 Å². The molecule has 0 saturated carbocycles. The molecule has 0 aliphatic carbocycles. The van der Waals surface area contributed by atoms with Crippen LogP contribution in [0.1, 0.15) is 28.8 Å². The molecule has 32 heavy (non-hydrogen) atoms. The Morgan fingerprint density at radius 1 is 1.09 bits per heavy atom. The summed E-state index contributed by atoms with van der Waals surface area (Å²) in [7, 11) is 1.71. The molecule has 4 rings (SSSR count). The van der Waals surface area contributed by atoms with Crippen LogP contribution in [-0.4, -0.2) is 39.5 Å². The number of aliphatic carboxylic acids is 1. The van der Waals surface area contributed by atoms with Crippen molar-refractivity contribution in [2.45, 2.75) is 44.4 Å². The Hall–Kier alpha value is -3.29. The maximum Gasteiger partial charge on any atom is 0.416 e. The molecule has 1 unspecified atom stereocenters. The summed E-state index contributed by atoms with van der Waals surface area (Å²) in [6.45, 7) is 0.546. The van der Waals surface area contributed by atoms with E-state index in [1.165, 1.54) is 12.1 Å². The van der Waals surface area contributed by atoms with Crippen LogP contribution < -0.4 is 0 Å². The molecular formula is C24H23F3N2O3. The van der Waals surface area contributed by atoms with E-state index in [2.05, 4.69) is 4.57 Å². The number of halogens is 3. The number of benzene rings is 2. The summed E-state index contributed by atoms with van der Waals surface area (Å²) in [5.41, 5.74) is 2.56. The van der Waals surface area contributed by atoms with Gasteiger partial charge >= 0.3 is 12.1 Å². The Kier molecular flexibility index (Phi) is 5.71. The van der Waals surface area contributed by atoms with Gasteiger partial charge in [0, 0.05) is 36.2 Å². The predicted molar refractivity (Wildman–Crippen MR) is 113 cm³/mol. The number of carbonyl (C=O) groups is 2. The number of amides is 1. The van der Waals surface area contributed by atoms with Gasteiger partial charge in [-0.05, 0) is 42.2 Å². The summed E-state index contributed by atoms with van der Waals surface area (Å²) >= 11 is 0. The van der Waals surface area contributed by atoms with E-state index in [9.17, 15) is 27.9 Å². The van der Waals surface area contributed by atoms with E-state index < -0.39 is 17.7 Å². The topological polar surface area (TPSA) is 62.5 Å². The number of rotatable bonds is 5. The van der Waals surface area contributed by atoms with Crippen LogP contribution in [0, 0.1) is 0 Å². The molecule has 0 saturated heterocycles. The molecule has 0 bridgehead atoms. The zero-order valence-corrected chi connectivity index (χ0v) is 17.5. The molecule has 1 aromatic heterocycles. The van der Waals surface area contributed by atoms with Crippen LogP contribution in [0.25, 0.3) is 10.9 Å². The lowest BCUT2D eigenvalue weighted by atomic mass is 9.99. The Bertz CT molecular complexity index is 1170. The molecule has 0 spiro atoms. The van der Waals surface area contributed by atoms with Gasteiger partial charge in [0.05, 0.1) is 18.4 Å². The highest BCUT2D eigenvalue weighted by Crippen LogP contribution is 2.33. The molecule has 1 N–H and O–H groups in total. The molecule has 2 heterocycles. The minimum atomic E-state index is -4.40. The van der Waals surface area contributed by atoms with Gasteiger partial charge in [0.1, 0.15) is 0 Å². The number of para-hydroxylation sites is 1. The number of carbonyl (C=O) groups excluding carboxylic acids is 1. The van der Waals surface area contributed by atoms with E-state index in [-0.39, 0.29) is 24.8 Å². The van der Waals surface area contributed by atoms with Crippen LogP contribution >= 0.6 is 0 Å². The van der Waals surface area contributed by atoms with Crippen molar-refractivity contribution in [2.75, 3.05) is 7.05 Å². The van der Waals surface area contributed by atoms with Crippen molar-refractivity contribution in [2.24, 2.45) is 0 Å². The highest BCUT2D eigenvalue weighted by molar-refractivity contribution is 5.89. The monoisotopic (exact) mass is 444 g/mol. The Morgan fingerprint density at radius 3 is 2.44 bits per heavy atom. The molecule has 0 fully saturated rings. The van der Waals surface area contributed by atoms with Gasteiger partial charge < -0.3 is 14.6 Å². The number of carboxylic acids is 1. The average Bonchev–Trinajstić information content (AvgIpc) is 3.05. The third-order valence-electron chi connectivity index (χ3n) is 6.21. The quantitative estimate of drug-likeness (QED) is 0.638. The van der Waals surface area contributed by atoms with Gasteiger partial charge in [0.15, 0.2) is 0 Å². The first-order chi connectivity index (χ1) is 15.1. The van der Waals surface area contributed by atoms with Crippen molar-refractivity contribution in [1.82, 2.24) is 9.47 Å². The fourth-order valence-electron chi connectivity index (χ4n) is 4.51. The maximum atomic E-state index is 12.8. The van der Waals surface area contributed by atoms with E-state index >= 15 is 0 Å². The van der Waals surface area contributed by atoms with Crippen molar-refractivity contribution in [3.63, 3.8) is 0 Å². The standard InChI is InChI=1S/C24H23F3N2O3/c1-28(22(30)12-15-6-8-16(9-7-15)24(25,26)27)17-10-11-21-19(13-23(31)32)18-4-2-3-5-20(18)29(21)14-17/h2-9,17H,10-14H2,1H3,(H,31,32). The number of aromatic nitrogens is 1. The second-order valence-electron chi connectivity index (χ2n) is 8.19. The van der Waals surface area contributed by atoms with Crippen LogP contribution in [0.4, 0.5) is 13.2 Å². The van der Waals surface area contributed by atoms with E-state index in [1.807, 2.05) is 24.3 Å². The summed E-state index contributed by atoms with van der Waals surface area (Å²) < 4.78 is 40.3. The number of likely N-dealkylation sites (N-methyl/N-ethyl adjacent to an activating group) is 1. The molecule has 1 amide bonds. The Balaban J connectivity index is 1.52. The minimum Gasteiger partial charge on any atom is -0.481 e. The lowest BCUT2D eigenvalue weighted by Crippen LogP contribution is -2.43. The first-order valence-electron chi connectivity index (χ1n) is 10.4. The summed E-state index contributed by atoms with van der Waals surface area (Å²) in [5, 5.41) is 10.3. The highest BCUT2D eigenvalue weighted by Gasteiger charge is 2.31. The third-order valence-corrected chi connectivity index (χ3v) is 6.21. The van der Waals surface area contributed by atoms with Crippen molar-refractivity contribution >= 4 is 22.8 Å². The number of carboxylic acid groups (broad SMARTS) is 1. The van der Waals surface area contributed by atoms with Gasteiger partial charge in [-0.15, -0.1) is 0 Å². The zero-order chi connectivity index (χ0) is 23.0. The first kappa shape index (κ1) is 21.9. The van der Waals surface area contributed by atoms with Crippen LogP contribution in [-0.2, 0) is 41.6 Å². The van der Waals surface area contributed by atoms with E-state index in [4.69, 9.17) is 0 Å². The molecular weight excluding hydrogens is 421 g/mol. The summed E-state index contributed by atoms with van der Waals surface area (Å²) in [6, 6.07) is 12.2. The van der Waals surface area contributed by atoms with Gasteiger partial charge in [0.25, 0.3) is 0 Å². The lowest BCUT2D eigenvalue weighted by molar-refractivity contribution is -0.138. The lowest BCUT2D eigenvalue weighted by Gasteiger charge is -2.33. The fraction of sp³-hybridized carbons (Fsp3) is 0.333. The van der Waals surface area contributed by atoms with Gasteiger partial charge in [0.2, 0.25) is 5.91 Å². The number of hydrogen-bond acceptors (Lipinski definition) is 2. The molecule has 168 valence electrons.